The van der Waals surface area contributed by atoms with Crippen molar-refractivity contribution < 1.29 is 0 Å². The number of aromatic nitrogens is 4. The molecule has 1 N–H and O–H groups in total. The second-order valence-corrected chi connectivity index (χ2v) is 5.99. The maximum atomic E-state index is 4.52. The van der Waals surface area contributed by atoms with Gasteiger partial charge in [0.15, 0.2) is 11.5 Å². The largest absolute Gasteiger partial charge is 0.321 e. The van der Waals surface area contributed by atoms with Crippen molar-refractivity contribution in [2.24, 2.45) is 0 Å². The first-order valence-electron chi connectivity index (χ1n) is 6.47. The fraction of sp³-hybridized carbons (Fsp3) is 0.333. The summed E-state index contributed by atoms with van der Waals surface area (Å²) in [5.74, 6) is 0.850. The fourth-order valence-corrected chi connectivity index (χ4v) is 1.98. The van der Waals surface area contributed by atoms with Gasteiger partial charge in [-0.3, -0.25) is 0 Å². The van der Waals surface area contributed by atoms with Crippen molar-refractivity contribution in [3.8, 4) is 11.4 Å². The van der Waals surface area contributed by atoms with Crippen LogP contribution >= 0.6 is 0 Å². The summed E-state index contributed by atoms with van der Waals surface area (Å²) in [6, 6.07) is 10.4. The van der Waals surface area contributed by atoms with Gasteiger partial charge in [0.2, 0.25) is 0 Å². The van der Waals surface area contributed by atoms with Crippen LogP contribution in [0.3, 0.4) is 0 Å². The zero-order valence-electron chi connectivity index (χ0n) is 11.7. The highest BCUT2D eigenvalue weighted by Crippen LogP contribution is 2.23. The number of benzene rings is 1. The van der Waals surface area contributed by atoms with Gasteiger partial charge >= 0.3 is 0 Å². The molecule has 4 nitrogen and oxygen atoms in total. The molecule has 0 spiro atoms. The Bertz CT molecular complexity index is 679. The summed E-state index contributed by atoms with van der Waals surface area (Å²) in [4.78, 5) is 3.31. The number of hydrogen-bond donors (Lipinski definition) is 1. The van der Waals surface area contributed by atoms with Gasteiger partial charge in [0, 0.05) is 17.0 Å². The van der Waals surface area contributed by atoms with E-state index in [-0.39, 0.29) is 5.41 Å². The first-order chi connectivity index (χ1) is 8.93. The summed E-state index contributed by atoms with van der Waals surface area (Å²) in [7, 11) is 0. The highest BCUT2D eigenvalue weighted by molar-refractivity contribution is 5.58. The minimum atomic E-state index is 0.0402. The smallest absolute Gasteiger partial charge is 0.161 e. The standard InChI is InChI=1S/C15H18N4/c1-10-5-7-11(8-6-10)14-16-13-9-12(15(2,3)4)17-19(13)18-14/h5-9H,1-4H3,(H,16,18). The Kier molecular flexibility index (Phi) is 2.49. The third-order valence-electron chi connectivity index (χ3n) is 3.23. The van der Waals surface area contributed by atoms with Crippen molar-refractivity contribution in [1.82, 2.24) is 19.8 Å². The molecule has 0 fully saturated rings. The first kappa shape index (κ1) is 12.0. The van der Waals surface area contributed by atoms with Crippen LogP contribution in [0.4, 0.5) is 0 Å². The molecule has 0 bridgehead atoms. The van der Waals surface area contributed by atoms with Crippen molar-refractivity contribution in [2.45, 2.75) is 33.1 Å². The van der Waals surface area contributed by atoms with Gasteiger partial charge in [0.25, 0.3) is 0 Å². The molecule has 0 unspecified atom stereocenters. The van der Waals surface area contributed by atoms with E-state index >= 15 is 0 Å². The molecule has 0 atom stereocenters. The molecule has 98 valence electrons. The molecule has 2 heterocycles. The molecular weight excluding hydrogens is 236 g/mol. The lowest BCUT2D eigenvalue weighted by atomic mass is 9.93. The predicted molar refractivity (Wildman–Crippen MR) is 76.2 cm³/mol. The molecule has 2 aromatic heterocycles. The van der Waals surface area contributed by atoms with Crippen LogP contribution in [-0.4, -0.2) is 19.8 Å². The summed E-state index contributed by atoms with van der Waals surface area (Å²) in [5.41, 5.74) is 4.34. The van der Waals surface area contributed by atoms with Crippen LogP contribution in [0, 0.1) is 6.92 Å². The van der Waals surface area contributed by atoms with Crippen molar-refractivity contribution in [3.05, 3.63) is 41.6 Å². The maximum absolute atomic E-state index is 4.52. The lowest BCUT2D eigenvalue weighted by molar-refractivity contribution is 0.557. The minimum absolute atomic E-state index is 0.0402. The molecule has 0 radical (unpaired) electrons. The fourth-order valence-electron chi connectivity index (χ4n) is 1.98. The summed E-state index contributed by atoms with van der Waals surface area (Å²) >= 11 is 0. The minimum Gasteiger partial charge on any atom is -0.321 e. The normalized spacial score (nSPS) is 12.2. The average molecular weight is 254 g/mol. The summed E-state index contributed by atoms with van der Waals surface area (Å²) < 4.78 is 1.68. The van der Waals surface area contributed by atoms with Crippen molar-refractivity contribution >= 4 is 5.65 Å². The Morgan fingerprint density at radius 3 is 2.32 bits per heavy atom. The van der Waals surface area contributed by atoms with Gasteiger partial charge in [-0.25, -0.2) is 0 Å². The highest BCUT2D eigenvalue weighted by atomic mass is 15.5. The quantitative estimate of drug-likeness (QED) is 0.724. The zero-order valence-corrected chi connectivity index (χ0v) is 11.7. The van der Waals surface area contributed by atoms with E-state index in [2.05, 4.69) is 73.2 Å². The van der Waals surface area contributed by atoms with Crippen LogP contribution < -0.4 is 0 Å². The van der Waals surface area contributed by atoms with Gasteiger partial charge in [-0.05, 0) is 6.92 Å². The van der Waals surface area contributed by atoms with Gasteiger partial charge in [0.05, 0.1) is 5.69 Å². The van der Waals surface area contributed by atoms with Crippen molar-refractivity contribution in [1.29, 1.82) is 0 Å². The number of aromatic amines is 1. The van der Waals surface area contributed by atoms with Crippen LogP contribution in [0.2, 0.25) is 0 Å². The zero-order chi connectivity index (χ0) is 13.6. The van der Waals surface area contributed by atoms with Gasteiger partial charge in [-0.2, -0.15) is 5.10 Å². The van der Waals surface area contributed by atoms with E-state index in [9.17, 15) is 0 Å². The summed E-state index contributed by atoms with van der Waals surface area (Å²) in [5, 5.41) is 9.02. The van der Waals surface area contributed by atoms with E-state index in [1.165, 1.54) is 5.56 Å². The van der Waals surface area contributed by atoms with Gasteiger partial charge in [-0.1, -0.05) is 50.6 Å². The molecule has 19 heavy (non-hydrogen) atoms. The second kappa shape index (κ2) is 3.95. The number of rotatable bonds is 1. The Morgan fingerprint density at radius 2 is 1.74 bits per heavy atom. The molecule has 1 aromatic carbocycles. The van der Waals surface area contributed by atoms with Crippen molar-refractivity contribution in [3.63, 3.8) is 0 Å². The van der Waals surface area contributed by atoms with Crippen molar-refractivity contribution in [2.75, 3.05) is 0 Å². The average Bonchev–Trinajstić information content (AvgIpc) is 2.86. The Labute approximate surface area is 112 Å². The van der Waals surface area contributed by atoms with Crippen LogP contribution in [0.5, 0.6) is 0 Å². The molecule has 3 rings (SSSR count). The Morgan fingerprint density at radius 1 is 1.05 bits per heavy atom. The highest BCUT2D eigenvalue weighted by Gasteiger charge is 2.19. The van der Waals surface area contributed by atoms with Gasteiger partial charge < -0.3 is 4.98 Å². The van der Waals surface area contributed by atoms with Crippen LogP contribution in [0.25, 0.3) is 17.0 Å². The monoisotopic (exact) mass is 254 g/mol. The van der Waals surface area contributed by atoms with E-state index in [0.29, 0.717) is 0 Å². The van der Waals surface area contributed by atoms with Crippen LogP contribution in [0.15, 0.2) is 30.3 Å². The lowest BCUT2D eigenvalue weighted by Gasteiger charge is -2.13. The molecule has 0 aliphatic heterocycles. The number of hydrogen-bond acceptors (Lipinski definition) is 2. The molecule has 0 saturated heterocycles. The topological polar surface area (TPSA) is 46.0 Å². The lowest BCUT2D eigenvalue weighted by Crippen LogP contribution is -2.12. The second-order valence-electron chi connectivity index (χ2n) is 5.99. The number of fused-ring (bicyclic) bond motifs is 1. The molecule has 3 aromatic rings. The molecular formula is C15H18N4. The third kappa shape index (κ3) is 2.14. The number of H-pyrrole nitrogens is 1. The predicted octanol–water partition coefficient (Wildman–Crippen LogP) is 3.33. The summed E-state index contributed by atoms with van der Waals surface area (Å²) in [6.07, 6.45) is 0. The Hall–Kier alpha value is -2.10. The van der Waals surface area contributed by atoms with E-state index in [1.54, 1.807) is 4.63 Å². The number of aryl methyl sites for hydroxylation is 1. The van der Waals surface area contributed by atoms with Gasteiger partial charge in [-0.15, -0.1) is 9.73 Å². The van der Waals surface area contributed by atoms with E-state index in [4.69, 9.17) is 0 Å². The molecule has 0 aliphatic rings. The molecule has 0 saturated carbocycles. The SMILES string of the molecule is Cc1ccc(-c2nn3nc(C(C)(C)C)cc3[nH]2)cc1. The number of nitrogens with one attached hydrogen (secondary N) is 1. The third-order valence-corrected chi connectivity index (χ3v) is 3.23. The maximum Gasteiger partial charge on any atom is 0.161 e. The van der Waals surface area contributed by atoms with Gasteiger partial charge in [0.1, 0.15) is 0 Å². The molecule has 4 heteroatoms. The van der Waals surface area contributed by atoms with E-state index in [0.717, 1.165) is 22.7 Å². The molecule has 0 amide bonds. The Balaban J connectivity index is 2.03. The number of nitrogens with zero attached hydrogens (tertiary/aromatic N) is 3. The molecule has 0 aliphatic carbocycles. The van der Waals surface area contributed by atoms with E-state index < -0.39 is 0 Å². The van der Waals surface area contributed by atoms with Crippen LogP contribution in [0.1, 0.15) is 32.0 Å². The first-order valence-corrected chi connectivity index (χ1v) is 6.47. The summed E-state index contributed by atoms with van der Waals surface area (Å²) in [6.45, 7) is 8.52. The van der Waals surface area contributed by atoms with E-state index in [1.807, 2.05) is 0 Å². The van der Waals surface area contributed by atoms with Crippen LogP contribution in [-0.2, 0) is 5.41 Å².